The van der Waals surface area contributed by atoms with Crippen LogP contribution in [-0.2, 0) is 16.6 Å². The average Bonchev–Trinajstić information content (AvgIpc) is 3.20. The Hall–Kier alpha value is -3.87. The van der Waals surface area contributed by atoms with E-state index in [-0.39, 0.29) is 16.8 Å². The van der Waals surface area contributed by atoms with Crippen LogP contribution in [0.3, 0.4) is 0 Å². The van der Waals surface area contributed by atoms with Crippen molar-refractivity contribution >= 4 is 32.3 Å². The zero-order valence-corrected chi connectivity index (χ0v) is 22.5. The van der Waals surface area contributed by atoms with E-state index < -0.39 is 21.4 Å². The molecule has 0 amide bonds. The van der Waals surface area contributed by atoms with Gasteiger partial charge in [-0.25, -0.2) is 14.5 Å². The fraction of sp³-hybridized carbons (Fsp3) is 0.250. The molecule has 1 aliphatic heterocycles. The number of benzene rings is 3. The summed E-state index contributed by atoms with van der Waals surface area (Å²) in [5.74, 6) is -0.719. The van der Waals surface area contributed by atoms with Gasteiger partial charge in [-0.1, -0.05) is 60.7 Å². The standard InChI is InChI=1S/C28H28F3N5O3S/c1-34-15-17-35(18-16-34)19-20-11-13-22(14-12-20)32-26(21-7-3-2-4-8-21)25-23-9-5-6-10-24(23)36(27(25)37)33-40(38,39)28(29,30)31/h2-14,33,37H,15-19H2,1H3. The molecule has 0 radical (unpaired) electrons. The molecule has 0 unspecified atom stereocenters. The fourth-order valence-corrected chi connectivity index (χ4v) is 5.18. The van der Waals surface area contributed by atoms with Crippen molar-refractivity contribution in [2.45, 2.75) is 12.1 Å². The number of para-hydroxylation sites is 1. The molecular formula is C28H28F3N5O3S. The van der Waals surface area contributed by atoms with Crippen molar-refractivity contribution in [2.75, 3.05) is 38.1 Å². The third-order valence-electron chi connectivity index (χ3n) is 6.83. The predicted octanol–water partition coefficient (Wildman–Crippen LogP) is 4.66. The molecule has 210 valence electrons. The van der Waals surface area contributed by atoms with Gasteiger partial charge in [0.15, 0.2) is 0 Å². The highest BCUT2D eigenvalue weighted by Gasteiger charge is 2.47. The summed E-state index contributed by atoms with van der Waals surface area (Å²) in [7, 11) is -3.71. The number of nitrogens with zero attached hydrogens (tertiary/aromatic N) is 4. The van der Waals surface area contributed by atoms with Gasteiger partial charge in [-0.3, -0.25) is 4.90 Å². The number of hydrogen-bond acceptors (Lipinski definition) is 6. The highest BCUT2D eigenvalue weighted by molar-refractivity contribution is 7.93. The molecular weight excluding hydrogens is 543 g/mol. The summed E-state index contributed by atoms with van der Waals surface area (Å²) >= 11 is 0. The molecule has 40 heavy (non-hydrogen) atoms. The van der Waals surface area contributed by atoms with Crippen LogP contribution in [0.1, 0.15) is 16.7 Å². The predicted molar refractivity (Wildman–Crippen MR) is 149 cm³/mol. The third kappa shape index (κ3) is 5.69. The minimum Gasteiger partial charge on any atom is -0.493 e. The third-order valence-corrected chi connectivity index (χ3v) is 7.86. The number of aromatic hydroxyl groups is 1. The Balaban J connectivity index is 1.57. The van der Waals surface area contributed by atoms with Crippen LogP contribution in [0.4, 0.5) is 18.9 Å². The number of sulfonamides is 1. The van der Waals surface area contributed by atoms with Gasteiger partial charge >= 0.3 is 15.5 Å². The maximum absolute atomic E-state index is 13.2. The van der Waals surface area contributed by atoms with E-state index in [1.165, 1.54) is 17.0 Å². The molecule has 0 bridgehead atoms. The van der Waals surface area contributed by atoms with Gasteiger partial charge in [0.05, 0.1) is 22.5 Å². The molecule has 0 spiro atoms. The highest BCUT2D eigenvalue weighted by Crippen LogP contribution is 2.35. The average molecular weight is 572 g/mol. The number of hydrogen-bond donors (Lipinski definition) is 2. The number of piperazine rings is 1. The number of alkyl halides is 3. The summed E-state index contributed by atoms with van der Waals surface area (Å²) < 4.78 is 64.0. The maximum atomic E-state index is 13.2. The molecule has 1 aliphatic rings. The molecule has 12 heteroatoms. The van der Waals surface area contributed by atoms with E-state index in [9.17, 15) is 26.7 Å². The van der Waals surface area contributed by atoms with E-state index in [1.54, 1.807) is 42.5 Å². The summed E-state index contributed by atoms with van der Waals surface area (Å²) in [4.78, 5) is 10.9. The van der Waals surface area contributed by atoms with Crippen LogP contribution in [0, 0.1) is 0 Å². The van der Waals surface area contributed by atoms with E-state index in [1.807, 2.05) is 24.3 Å². The lowest BCUT2D eigenvalue weighted by molar-refractivity contribution is -0.0432. The molecule has 4 aromatic rings. The first-order chi connectivity index (χ1) is 19.0. The Labute approximate surface area is 230 Å². The lowest BCUT2D eigenvalue weighted by Crippen LogP contribution is -2.43. The van der Waals surface area contributed by atoms with Gasteiger partial charge < -0.3 is 10.0 Å². The van der Waals surface area contributed by atoms with Crippen LogP contribution in [0.5, 0.6) is 5.88 Å². The van der Waals surface area contributed by atoms with E-state index in [0.717, 1.165) is 38.3 Å². The van der Waals surface area contributed by atoms with Crippen molar-refractivity contribution in [3.05, 3.63) is 95.6 Å². The van der Waals surface area contributed by atoms with Crippen molar-refractivity contribution in [1.29, 1.82) is 0 Å². The van der Waals surface area contributed by atoms with Gasteiger partial charge in [0.2, 0.25) is 5.88 Å². The minimum absolute atomic E-state index is 0.0361. The Morgan fingerprint density at radius 3 is 2.20 bits per heavy atom. The van der Waals surface area contributed by atoms with Crippen LogP contribution < -0.4 is 4.83 Å². The molecule has 1 fully saturated rings. The molecule has 0 aliphatic carbocycles. The largest absolute Gasteiger partial charge is 0.517 e. The second kappa shape index (κ2) is 11.0. The first kappa shape index (κ1) is 27.7. The molecule has 0 atom stereocenters. The van der Waals surface area contributed by atoms with Crippen LogP contribution in [0.2, 0.25) is 0 Å². The zero-order chi connectivity index (χ0) is 28.5. The molecule has 2 N–H and O–H groups in total. The monoisotopic (exact) mass is 571 g/mol. The second-order valence-corrected chi connectivity index (χ2v) is 11.3. The molecule has 5 rings (SSSR count). The second-order valence-electron chi connectivity index (χ2n) is 9.66. The van der Waals surface area contributed by atoms with E-state index in [2.05, 4.69) is 16.8 Å². The maximum Gasteiger partial charge on any atom is 0.517 e. The smallest absolute Gasteiger partial charge is 0.493 e. The van der Waals surface area contributed by atoms with E-state index in [4.69, 9.17) is 4.99 Å². The van der Waals surface area contributed by atoms with Crippen molar-refractivity contribution in [3.63, 3.8) is 0 Å². The number of aliphatic imine (C=N–C) groups is 1. The van der Waals surface area contributed by atoms with Crippen LogP contribution in [0.15, 0.2) is 83.9 Å². The molecule has 1 aromatic heterocycles. The van der Waals surface area contributed by atoms with Gasteiger partial charge in [-0.05, 0) is 30.8 Å². The molecule has 0 saturated carbocycles. The topological polar surface area (TPSA) is 90.2 Å². The van der Waals surface area contributed by atoms with Crippen LogP contribution in [-0.4, -0.2) is 72.4 Å². The Morgan fingerprint density at radius 2 is 1.55 bits per heavy atom. The van der Waals surface area contributed by atoms with Gasteiger partial charge in [0.25, 0.3) is 0 Å². The SMILES string of the molecule is CN1CCN(Cc2ccc(N=C(c3ccccc3)c3c(O)n(NS(=O)(=O)C(F)(F)F)c4ccccc34)cc2)CC1. The molecule has 3 aromatic carbocycles. The first-order valence-corrected chi connectivity index (χ1v) is 14.1. The Bertz CT molecular complexity index is 1630. The van der Waals surface area contributed by atoms with Crippen molar-refractivity contribution in [1.82, 2.24) is 14.5 Å². The van der Waals surface area contributed by atoms with Gasteiger partial charge in [-0.15, -0.1) is 0 Å². The minimum atomic E-state index is -5.81. The lowest BCUT2D eigenvalue weighted by Gasteiger charge is -2.32. The van der Waals surface area contributed by atoms with Crippen molar-refractivity contribution in [3.8, 4) is 5.88 Å². The van der Waals surface area contributed by atoms with Crippen molar-refractivity contribution in [2.24, 2.45) is 4.99 Å². The van der Waals surface area contributed by atoms with E-state index >= 15 is 0 Å². The molecule has 8 nitrogen and oxygen atoms in total. The van der Waals surface area contributed by atoms with Gasteiger partial charge in [0, 0.05) is 43.7 Å². The number of halogens is 3. The van der Waals surface area contributed by atoms with Crippen molar-refractivity contribution < 1.29 is 26.7 Å². The van der Waals surface area contributed by atoms with Gasteiger partial charge in [-0.2, -0.15) is 21.6 Å². The van der Waals surface area contributed by atoms with Crippen LogP contribution >= 0.6 is 0 Å². The van der Waals surface area contributed by atoms with E-state index in [0.29, 0.717) is 21.3 Å². The summed E-state index contributed by atoms with van der Waals surface area (Å²) in [6.45, 7) is 4.79. The zero-order valence-electron chi connectivity index (χ0n) is 21.6. The number of nitrogens with one attached hydrogen (secondary N) is 1. The lowest BCUT2D eigenvalue weighted by atomic mass is 10.0. The summed E-state index contributed by atoms with van der Waals surface area (Å²) in [6.07, 6.45) is 0. The first-order valence-electron chi connectivity index (χ1n) is 12.6. The summed E-state index contributed by atoms with van der Waals surface area (Å²) in [5, 5.41) is 11.5. The number of likely N-dealkylation sites (N-methyl/N-ethyl adjacent to an activating group) is 1. The summed E-state index contributed by atoms with van der Waals surface area (Å²) in [5.41, 5.74) is -2.92. The highest BCUT2D eigenvalue weighted by atomic mass is 32.2. The molecule has 2 heterocycles. The summed E-state index contributed by atoms with van der Waals surface area (Å²) in [6, 6.07) is 22.7. The Morgan fingerprint density at radius 1 is 0.925 bits per heavy atom. The fourth-order valence-electron chi connectivity index (χ4n) is 4.65. The molecule has 1 saturated heterocycles. The van der Waals surface area contributed by atoms with Gasteiger partial charge in [0.1, 0.15) is 0 Å². The number of rotatable bonds is 7. The number of aromatic nitrogens is 1. The number of fused-ring (bicyclic) bond motifs is 1. The Kier molecular flexibility index (Phi) is 7.58. The van der Waals surface area contributed by atoms with Crippen LogP contribution in [0.25, 0.3) is 10.9 Å². The normalized spacial score (nSPS) is 15.9. The quantitative estimate of drug-likeness (QED) is 0.315.